The van der Waals surface area contributed by atoms with Gasteiger partial charge in [-0.1, -0.05) is 12.6 Å². The molecule has 1 aromatic carbocycles. The molecule has 1 heterocycles. The average molecular weight is 176 g/mol. The number of benzene rings is 1. The molecule has 2 rings (SSSR count). The predicted molar refractivity (Wildman–Crippen MR) is 50.6 cm³/mol. The van der Waals surface area contributed by atoms with Crippen LogP contribution in [0.15, 0.2) is 30.5 Å². The van der Waals surface area contributed by atoms with E-state index in [4.69, 9.17) is 9.47 Å². The molecule has 0 fully saturated rings. The lowest BCUT2D eigenvalue weighted by Gasteiger charge is -2.19. The van der Waals surface area contributed by atoms with E-state index in [0.29, 0.717) is 6.61 Å². The molecule has 1 aromatic rings. The number of hydrogen-bond acceptors (Lipinski definition) is 2. The van der Waals surface area contributed by atoms with Crippen LogP contribution in [0.3, 0.4) is 0 Å². The number of ether oxygens (including phenoxy) is 2. The quantitative estimate of drug-likeness (QED) is 0.653. The fraction of sp³-hybridized carbons (Fsp3) is 0.273. The van der Waals surface area contributed by atoms with E-state index in [0.717, 1.165) is 17.9 Å². The first-order chi connectivity index (χ1) is 6.29. The van der Waals surface area contributed by atoms with E-state index in [1.54, 1.807) is 7.11 Å². The summed E-state index contributed by atoms with van der Waals surface area (Å²) in [5.41, 5.74) is 2.49. The maximum absolute atomic E-state index is 5.34. The highest BCUT2D eigenvalue weighted by Crippen LogP contribution is 2.25. The van der Waals surface area contributed by atoms with Gasteiger partial charge in [-0.05, 0) is 23.3 Å². The molecule has 2 nitrogen and oxygen atoms in total. The molecule has 0 atom stereocenters. The van der Waals surface area contributed by atoms with Crippen LogP contribution in [0.2, 0.25) is 0 Å². The molecule has 0 bridgehead atoms. The van der Waals surface area contributed by atoms with Gasteiger partial charge in [0.1, 0.15) is 12.4 Å². The van der Waals surface area contributed by atoms with Crippen LogP contribution in [0.5, 0.6) is 5.75 Å². The number of hydrogen-bond donors (Lipinski definition) is 0. The monoisotopic (exact) mass is 176 g/mol. The summed E-state index contributed by atoms with van der Waals surface area (Å²) in [6.45, 7) is 4.44. The van der Waals surface area contributed by atoms with Gasteiger partial charge in [0, 0.05) is 6.42 Å². The van der Waals surface area contributed by atoms with E-state index in [-0.39, 0.29) is 0 Å². The average Bonchev–Trinajstić information content (AvgIpc) is 2.16. The highest BCUT2D eigenvalue weighted by molar-refractivity contribution is 5.38. The topological polar surface area (TPSA) is 18.5 Å². The summed E-state index contributed by atoms with van der Waals surface area (Å²) < 4.78 is 10.5. The van der Waals surface area contributed by atoms with Gasteiger partial charge in [-0.25, -0.2) is 0 Å². The van der Waals surface area contributed by atoms with Gasteiger partial charge in [0.15, 0.2) is 0 Å². The molecule has 1 aliphatic heterocycles. The van der Waals surface area contributed by atoms with Crippen LogP contribution in [0, 0.1) is 0 Å². The Bertz CT molecular complexity index is 342. The maximum atomic E-state index is 5.34. The van der Waals surface area contributed by atoms with E-state index in [9.17, 15) is 0 Å². The number of rotatable bonds is 1. The smallest absolute Gasteiger partial charge is 0.119 e. The molecular weight excluding hydrogens is 164 g/mol. The zero-order valence-corrected chi connectivity index (χ0v) is 7.67. The molecule has 68 valence electrons. The molecule has 0 spiro atoms. The van der Waals surface area contributed by atoms with Crippen LogP contribution in [-0.2, 0) is 17.8 Å². The largest absolute Gasteiger partial charge is 0.497 e. The second-order valence-corrected chi connectivity index (χ2v) is 3.14. The van der Waals surface area contributed by atoms with Gasteiger partial charge >= 0.3 is 0 Å². The maximum Gasteiger partial charge on any atom is 0.119 e. The molecule has 13 heavy (non-hydrogen) atoms. The van der Waals surface area contributed by atoms with Crippen molar-refractivity contribution in [2.45, 2.75) is 13.0 Å². The summed E-state index contributed by atoms with van der Waals surface area (Å²) in [6, 6.07) is 6.04. The Labute approximate surface area is 77.8 Å². The molecule has 2 heteroatoms. The summed E-state index contributed by atoms with van der Waals surface area (Å²) in [5.74, 6) is 1.73. The minimum absolute atomic E-state index is 0.637. The molecular formula is C11H12O2. The van der Waals surface area contributed by atoms with E-state index >= 15 is 0 Å². The molecule has 0 aliphatic carbocycles. The fourth-order valence-electron chi connectivity index (χ4n) is 1.48. The van der Waals surface area contributed by atoms with Gasteiger partial charge in [0.2, 0.25) is 0 Å². The molecule has 0 aromatic heterocycles. The fourth-order valence-corrected chi connectivity index (χ4v) is 1.48. The van der Waals surface area contributed by atoms with Crippen LogP contribution < -0.4 is 4.74 Å². The van der Waals surface area contributed by atoms with Gasteiger partial charge < -0.3 is 9.47 Å². The summed E-state index contributed by atoms with van der Waals surface area (Å²) in [7, 11) is 1.68. The van der Waals surface area contributed by atoms with E-state index < -0.39 is 0 Å². The van der Waals surface area contributed by atoms with Crippen molar-refractivity contribution in [3.05, 3.63) is 41.7 Å². The number of allylic oxidation sites excluding steroid dienone is 1. The van der Waals surface area contributed by atoms with Crippen molar-refractivity contribution < 1.29 is 9.47 Å². The summed E-state index contributed by atoms with van der Waals surface area (Å²) in [4.78, 5) is 0. The van der Waals surface area contributed by atoms with Gasteiger partial charge in [-0.15, -0.1) is 0 Å². The van der Waals surface area contributed by atoms with Crippen LogP contribution in [-0.4, -0.2) is 7.11 Å². The molecule has 0 amide bonds. The molecule has 1 aliphatic rings. The second-order valence-electron chi connectivity index (χ2n) is 3.14. The predicted octanol–water partition coefficient (Wildman–Crippen LogP) is 2.28. The minimum Gasteiger partial charge on any atom is -0.497 e. The second kappa shape index (κ2) is 3.13. The van der Waals surface area contributed by atoms with Crippen molar-refractivity contribution in [3.63, 3.8) is 0 Å². The highest BCUT2D eigenvalue weighted by atomic mass is 16.5. The molecule has 0 saturated heterocycles. The molecule has 0 unspecified atom stereocenters. The number of methoxy groups -OCH3 is 1. The van der Waals surface area contributed by atoms with Crippen LogP contribution >= 0.6 is 0 Å². The Balaban J connectivity index is 2.38. The third-order valence-corrected chi connectivity index (χ3v) is 2.23. The minimum atomic E-state index is 0.637. The lowest BCUT2D eigenvalue weighted by molar-refractivity contribution is 0.182. The van der Waals surface area contributed by atoms with Crippen LogP contribution in [0.25, 0.3) is 0 Å². The summed E-state index contributed by atoms with van der Waals surface area (Å²) >= 11 is 0. The Morgan fingerprint density at radius 3 is 3.00 bits per heavy atom. The summed E-state index contributed by atoms with van der Waals surface area (Å²) in [5, 5.41) is 0. The Morgan fingerprint density at radius 1 is 1.38 bits per heavy atom. The first-order valence-electron chi connectivity index (χ1n) is 4.26. The molecule has 0 saturated carbocycles. The lowest BCUT2D eigenvalue weighted by Crippen LogP contribution is -2.07. The SMILES string of the molecule is C=C1Cc2cc(OC)ccc2CO1. The van der Waals surface area contributed by atoms with E-state index in [1.165, 1.54) is 11.1 Å². The van der Waals surface area contributed by atoms with Gasteiger partial charge in [0.25, 0.3) is 0 Å². The third-order valence-electron chi connectivity index (χ3n) is 2.23. The third kappa shape index (κ3) is 1.52. The van der Waals surface area contributed by atoms with E-state index in [1.807, 2.05) is 18.2 Å². The first kappa shape index (κ1) is 8.17. The Hall–Kier alpha value is -1.44. The van der Waals surface area contributed by atoms with Crippen molar-refractivity contribution >= 4 is 0 Å². The Morgan fingerprint density at radius 2 is 2.23 bits per heavy atom. The van der Waals surface area contributed by atoms with Crippen molar-refractivity contribution in [2.75, 3.05) is 7.11 Å². The zero-order valence-electron chi connectivity index (χ0n) is 7.67. The van der Waals surface area contributed by atoms with Crippen LogP contribution in [0.4, 0.5) is 0 Å². The van der Waals surface area contributed by atoms with Crippen LogP contribution in [0.1, 0.15) is 11.1 Å². The summed E-state index contributed by atoms with van der Waals surface area (Å²) in [6.07, 6.45) is 0.798. The van der Waals surface area contributed by atoms with Gasteiger partial charge in [0.05, 0.1) is 12.9 Å². The lowest BCUT2D eigenvalue weighted by atomic mass is 10.0. The zero-order chi connectivity index (χ0) is 9.26. The first-order valence-corrected chi connectivity index (χ1v) is 4.26. The highest BCUT2D eigenvalue weighted by Gasteiger charge is 2.12. The van der Waals surface area contributed by atoms with Gasteiger partial charge in [-0.3, -0.25) is 0 Å². The van der Waals surface area contributed by atoms with Crippen molar-refractivity contribution in [1.29, 1.82) is 0 Å². The van der Waals surface area contributed by atoms with Crippen molar-refractivity contribution in [1.82, 2.24) is 0 Å². The van der Waals surface area contributed by atoms with Crippen molar-refractivity contribution in [2.24, 2.45) is 0 Å². The molecule has 0 radical (unpaired) electrons. The van der Waals surface area contributed by atoms with Gasteiger partial charge in [-0.2, -0.15) is 0 Å². The van der Waals surface area contributed by atoms with E-state index in [2.05, 4.69) is 6.58 Å². The standard InChI is InChI=1S/C11H12O2/c1-8-5-10-6-11(12-2)4-3-9(10)7-13-8/h3-4,6H,1,5,7H2,2H3. The Kier molecular flexibility index (Phi) is 1.97. The normalized spacial score (nSPS) is 14.7. The number of fused-ring (bicyclic) bond motifs is 1. The molecule has 0 N–H and O–H groups in total. The van der Waals surface area contributed by atoms with Crippen molar-refractivity contribution in [3.8, 4) is 5.75 Å².